The van der Waals surface area contributed by atoms with Crippen molar-refractivity contribution in [2.75, 3.05) is 0 Å². The number of sulfonamides is 1. The fourth-order valence-electron chi connectivity index (χ4n) is 1.13. The lowest BCUT2D eigenvalue weighted by atomic mass is 10.0. The summed E-state index contributed by atoms with van der Waals surface area (Å²) in [5, 5.41) is 7.73. The number of amides is 1. The number of primary sulfonamides is 1. The Morgan fingerprint density at radius 1 is 1.53 bits per heavy atom. The highest BCUT2D eigenvalue weighted by Gasteiger charge is 2.21. The zero-order chi connectivity index (χ0) is 13.3. The first-order valence-electron chi connectivity index (χ1n) is 5.19. The van der Waals surface area contributed by atoms with Crippen molar-refractivity contribution < 1.29 is 13.2 Å². The number of nitrogens with one attached hydrogen (secondary N) is 2. The predicted octanol–water partition coefficient (Wildman–Crippen LogP) is 0.581. The Kier molecular flexibility index (Phi) is 3.63. The second-order valence-corrected chi connectivity index (χ2v) is 6.05. The molecule has 1 heterocycles. The summed E-state index contributed by atoms with van der Waals surface area (Å²) in [6.45, 7) is 5.72. The van der Waals surface area contributed by atoms with Gasteiger partial charge in [0.05, 0.1) is 4.90 Å². The average Bonchev–Trinajstić information content (AvgIpc) is 2.65. The summed E-state index contributed by atoms with van der Waals surface area (Å²) in [6, 6.07) is 1.22. The molecule has 1 amide bonds. The molecule has 0 aromatic carbocycles. The van der Waals surface area contributed by atoms with Gasteiger partial charge in [-0.2, -0.15) is 0 Å². The Labute approximate surface area is 101 Å². The van der Waals surface area contributed by atoms with Crippen LogP contribution in [0, 0.1) is 0 Å². The van der Waals surface area contributed by atoms with Gasteiger partial charge in [0.2, 0.25) is 10.0 Å². The van der Waals surface area contributed by atoms with Gasteiger partial charge in [-0.05, 0) is 26.3 Å². The monoisotopic (exact) mass is 259 g/mol. The minimum atomic E-state index is -3.78. The van der Waals surface area contributed by atoms with Crippen molar-refractivity contribution in [2.24, 2.45) is 5.14 Å². The quantitative estimate of drug-likeness (QED) is 0.736. The maximum Gasteiger partial charge on any atom is 0.268 e. The maximum atomic E-state index is 11.8. The lowest BCUT2D eigenvalue weighted by Crippen LogP contribution is -2.42. The molecule has 0 saturated carbocycles. The molecular weight excluding hydrogens is 242 g/mol. The molecule has 17 heavy (non-hydrogen) atoms. The zero-order valence-electron chi connectivity index (χ0n) is 10.1. The van der Waals surface area contributed by atoms with Gasteiger partial charge in [-0.15, -0.1) is 0 Å². The van der Waals surface area contributed by atoms with Crippen molar-refractivity contribution >= 4 is 15.9 Å². The van der Waals surface area contributed by atoms with E-state index in [0.29, 0.717) is 0 Å². The fourth-order valence-corrected chi connectivity index (χ4v) is 1.64. The highest BCUT2D eigenvalue weighted by molar-refractivity contribution is 7.89. The van der Waals surface area contributed by atoms with Crippen LogP contribution in [0.25, 0.3) is 0 Å². The minimum absolute atomic E-state index is 0.100. The Morgan fingerprint density at radius 3 is 2.53 bits per heavy atom. The van der Waals surface area contributed by atoms with Crippen molar-refractivity contribution in [3.05, 3.63) is 18.0 Å². The number of hydrogen-bond acceptors (Lipinski definition) is 3. The van der Waals surface area contributed by atoms with E-state index in [0.717, 1.165) is 6.42 Å². The number of aromatic nitrogens is 1. The van der Waals surface area contributed by atoms with Crippen molar-refractivity contribution in [2.45, 2.75) is 37.6 Å². The van der Waals surface area contributed by atoms with Gasteiger partial charge in [0.15, 0.2) is 0 Å². The second kappa shape index (κ2) is 4.50. The Bertz CT molecular complexity index is 517. The summed E-state index contributed by atoms with van der Waals surface area (Å²) in [4.78, 5) is 14.3. The number of aromatic amines is 1. The summed E-state index contributed by atoms with van der Waals surface area (Å²) in [7, 11) is -3.78. The van der Waals surface area contributed by atoms with Crippen LogP contribution in [0.3, 0.4) is 0 Å². The van der Waals surface area contributed by atoms with Gasteiger partial charge in [-0.25, -0.2) is 13.6 Å². The van der Waals surface area contributed by atoms with Crippen molar-refractivity contribution in [1.29, 1.82) is 0 Å². The molecule has 0 bridgehead atoms. The molecule has 1 aromatic rings. The number of carbonyl (C=O) groups excluding carboxylic acids is 1. The van der Waals surface area contributed by atoms with Crippen LogP contribution in [0.4, 0.5) is 0 Å². The van der Waals surface area contributed by atoms with Crippen molar-refractivity contribution in [3.8, 4) is 0 Å². The molecular formula is C10H17N3O3S. The van der Waals surface area contributed by atoms with Crippen LogP contribution in [-0.2, 0) is 10.0 Å². The first-order chi connectivity index (χ1) is 7.65. The van der Waals surface area contributed by atoms with Gasteiger partial charge >= 0.3 is 0 Å². The number of carbonyl (C=O) groups is 1. The molecule has 1 aromatic heterocycles. The highest BCUT2D eigenvalue weighted by Crippen LogP contribution is 2.11. The molecule has 0 radical (unpaired) electrons. The maximum absolute atomic E-state index is 11.8. The van der Waals surface area contributed by atoms with Crippen LogP contribution in [0.5, 0.6) is 0 Å². The minimum Gasteiger partial charge on any atom is -0.356 e. The molecule has 1 rings (SSSR count). The lowest BCUT2D eigenvalue weighted by Gasteiger charge is -2.23. The molecule has 6 nitrogen and oxygen atoms in total. The molecule has 0 unspecified atom stereocenters. The number of nitrogens with two attached hydrogens (primary N) is 1. The van der Waals surface area contributed by atoms with E-state index >= 15 is 0 Å². The largest absolute Gasteiger partial charge is 0.356 e. The van der Waals surface area contributed by atoms with Gasteiger partial charge in [-0.3, -0.25) is 4.79 Å². The third kappa shape index (κ3) is 3.57. The first kappa shape index (κ1) is 13.7. The van der Waals surface area contributed by atoms with E-state index in [4.69, 9.17) is 5.14 Å². The van der Waals surface area contributed by atoms with E-state index in [-0.39, 0.29) is 22.0 Å². The Morgan fingerprint density at radius 2 is 2.12 bits per heavy atom. The van der Waals surface area contributed by atoms with E-state index in [1.807, 2.05) is 20.8 Å². The Hall–Kier alpha value is -1.34. The van der Waals surface area contributed by atoms with Gasteiger partial charge in [0, 0.05) is 11.7 Å². The number of hydrogen-bond donors (Lipinski definition) is 3. The van der Waals surface area contributed by atoms with Crippen LogP contribution in [0.2, 0.25) is 0 Å². The number of rotatable bonds is 4. The molecule has 0 saturated heterocycles. The SMILES string of the molecule is CCC(C)(C)NC(=O)c1cc(S(N)(=O)=O)c[nH]1. The topological polar surface area (TPSA) is 105 Å². The fraction of sp³-hybridized carbons (Fsp3) is 0.500. The summed E-state index contributed by atoms with van der Waals surface area (Å²) < 4.78 is 22.1. The van der Waals surface area contributed by atoms with Crippen LogP contribution in [0.15, 0.2) is 17.2 Å². The normalized spacial score (nSPS) is 12.5. The molecule has 7 heteroatoms. The molecule has 0 aliphatic rings. The van der Waals surface area contributed by atoms with Gasteiger partial charge < -0.3 is 10.3 Å². The third-order valence-electron chi connectivity index (χ3n) is 2.57. The summed E-state index contributed by atoms with van der Waals surface area (Å²) in [6.07, 6.45) is 1.96. The summed E-state index contributed by atoms with van der Waals surface area (Å²) in [5.41, 5.74) is -0.167. The molecule has 0 aliphatic carbocycles. The van der Waals surface area contributed by atoms with E-state index in [2.05, 4.69) is 10.3 Å². The second-order valence-electron chi connectivity index (χ2n) is 4.49. The van der Waals surface area contributed by atoms with Crippen LogP contribution >= 0.6 is 0 Å². The highest BCUT2D eigenvalue weighted by atomic mass is 32.2. The molecule has 0 atom stereocenters. The third-order valence-corrected chi connectivity index (χ3v) is 3.46. The van der Waals surface area contributed by atoms with Crippen LogP contribution in [-0.4, -0.2) is 24.8 Å². The number of H-pyrrole nitrogens is 1. The predicted molar refractivity (Wildman–Crippen MR) is 64.0 cm³/mol. The Balaban J connectivity index is 2.89. The van der Waals surface area contributed by atoms with Crippen molar-refractivity contribution in [1.82, 2.24) is 10.3 Å². The molecule has 0 fully saturated rings. The summed E-state index contributed by atoms with van der Waals surface area (Å²) in [5.74, 6) is -0.355. The van der Waals surface area contributed by atoms with E-state index in [1.54, 1.807) is 0 Å². The van der Waals surface area contributed by atoms with Crippen LogP contribution in [0.1, 0.15) is 37.7 Å². The summed E-state index contributed by atoms with van der Waals surface area (Å²) >= 11 is 0. The van der Waals surface area contributed by atoms with Gasteiger partial charge in [0.1, 0.15) is 5.69 Å². The molecule has 0 aliphatic heterocycles. The molecule has 96 valence electrons. The standard InChI is InChI=1S/C10H17N3O3S/c1-4-10(2,3)13-9(14)8-5-7(6-12-8)17(11,15)16/h5-6,12H,4H2,1-3H3,(H,13,14)(H2,11,15,16). The molecule has 4 N–H and O–H groups in total. The smallest absolute Gasteiger partial charge is 0.268 e. The van der Waals surface area contributed by atoms with E-state index in [1.165, 1.54) is 12.3 Å². The average molecular weight is 259 g/mol. The zero-order valence-corrected chi connectivity index (χ0v) is 10.9. The first-order valence-corrected chi connectivity index (χ1v) is 6.74. The van der Waals surface area contributed by atoms with Gasteiger partial charge in [0.25, 0.3) is 5.91 Å². The van der Waals surface area contributed by atoms with Crippen LogP contribution < -0.4 is 10.5 Å². The lowest BCUT2D eigenvalue weighted by molar-refractivity contribution is 0.0906. The van der Waals surface area contributed by atoms with E-state index in [9.17, 15) is 13.2 Å². The van der Waals surface area contributed by atoms with Gasteiger partial charge in [-0.1, -0.05) is 6.92 Å². The molecule has 0 spiro atoms. The van der Waals surface area contributed by atoms with E-state index < -0.39 is 10.0 Å². The van der Waals surface area contributed by atoms with Crippen molar-refractivity contribution in [3.63, 3.8) is 0 Å².